The zero-order valence-electron chi connectivity index (χ0n) is 10.5. The number of nitrogens with zero attached hydrogens (tertiary/aromatic N) is 1. The topological polar surface area (TPSA) is 52.0 Å². The zero-order valence-corrected chi connectivity index (χ0v) is 12.9. The van der Waals surface area contributed by atoms with Gasteiger partial charge < -0.3 is 10.2 Å². The maximum atomic E-state index is 5.85. The number of benzene rings is 1. The Kier molecular flexibility index (Phi) is 4.14. The van der Waals surface area contributed by atoms with Crippen LogP contribution in [0.4, 0.5) is 0 Å². The molecule has 0 radical (unpaired) electrons. The molecule has 18 heavy (non-hydrogen) atoms. The third-order valence-corrected chi connectivity index (χ3v) is 4.53. The van der Waals surface area contributed by atoms with Crippen LogP contribution < -0.4 is 5.73 Å². The lowest BCUT2D eigenvalue weighted by molar-refractivity contribution is 0.431. The van der Waals surface area contributed by atoms with Crippen molar-refractivity contribution in [3.63, 3.8) is 0 Å². The summed E-state index contributed by atoms with van der Waals surface area (Å²) >= 11 is 5.06. The van der Waals surface area contributed by atoms with Crippen LogP contribution in [0.25, 0.3) is 0 Å². The molecule has 96 valence electrons. The van der Waals surface area contributed by atoms with Crippen molar-refractivity contribution < 1.29 is 4.42 Å². The summed E-state index contributed by atoms with van der Waals surface area (Å²) in [6, 6.07) is 6.13. The largest absolute Gasteiger partial charge is 0.436 e. The van der Waals surface area contributed by atoms with Gasteiger partial charge in [0.25, 0.3) is 5.22 Å². The van der Waals surface area contributed by atoms with E-state index >= 15 is 0 Å². The van der Waals surface area contributed by atoms with Gasteiger partial charge in [-0.1, -0.05) is 6.07 Å². The molecule has 0 saturated heterocycles. The Hall–Kier alpha value is -0.780. The third-order valence-electron chi connectivity index (χ3n) is 2.69. The first kappa shape index (κ1) is 13.6. The van der Waals surface area contributed by atoms with Gasteiger partial charge in [-0.3, -0.25) is 0 Å². The highest BCUT2D eigenvalue weighted by molar-refractivity contribution is 9.10. The number of hydrogen-bond donors (Lipinski definition) is 1. The van der Waals surface area contributed by atoms with E-state index in [9.17, 15) is 0 Å². The smallest absolute Gasteiger partial charge is 0.261 e. The molecule has 5 heteroatoms. The number of halogens is 1. The van der Waals surface area contributed by atoms with E-state index in [4.69, 9.17) is 10.2 Å². The van der Waals surface area contributed by atoms with E-state index in [0.29, 0.717) is 5.22 Å². The molecule has 0 fully saturated rings. The molecule has 0 aliphatic heterocycles. The van der Waals surface area contributed by atoms with E-state index in [0.717, 1.165) is 26.4 Å². The average Bonchev–Trinajstić information content (AvgIpc) is 2.61. The van der Waals surface area contributed by atoms with Crippen LogP contribution in [-0.2, 0) is 0 Å². The molecule has 3 nitrogen and oxygen atoms in total. The van der Waals surface area contributed by atoms with Crippen molar-refractivity contribution in [2.24, 2.45) is 5.73 Å². The lowest BCUT2D eigenvalue weighted by atomic mass is 10.1. The van der Waals surface area contributed by atoms with Crippen LogP contribution in [0.1, 0.15) is 30.0 Å². The number of aromatic nitrogens is 1. The SMILES string of the molecule is Cc1nc(Sc2ccc(C(C)N)cc2Br)oc1C. The lowest BCUT2D eigenvalue weighted by Gasteiger charge is -2.08. The van der Waals surface area contributed by atoms with E-state index in [-0.39, 0.29) is 6.04 Å². The number of nitrogens with two attached hydrogens (primary N) is 1. The summed E-state index contributed by atoms with van der Waals surface area (Å²) in [4.78, 5) is 5.42. The molecular weight excluding hydrogens is 312 g/mol. The maximum Gasteiger partial charge on any atom is 0.261 e. The number of rotatable bonds is 3. The second-order valence-corrected chi connectivity index (χ2v) is 6.05. The molecular formula is C13H15BrN2OS. The molecule has 1 heterocycles. The summed E-state index contributed by atoms with van der Waals surface area (Å²) in [5, 5.41) is 0.666. The minimum atomic E-state index is 0.0339. The maximum absolute atomic E-state index is 5.85. The molecule has 1 aromatic carbocycles. The van der Waals surface area contributed by atoms with Gasteiger partial charge in [-0.25, -0.2) is 4.98 Å². The quantitative estimate of drug-likeness (QED) is 0.917. The average molecular weight is 327 g/mol. The molecule has 1 aromatic heterocycles. The van der Waals surface area contributed by atoms with Crippen LogP contribution in [-0.4, -0.2) is 4.98 Å². The summed E-state index contributed by atoms with van der Waals surface area (Å²) in [7, 11) is 0. The van der Waals surface area contributed by atoms with Gasteiger partial charge in [0.05, 0.1) is 5.69 Å². The molecule has 0 saturated carbocycles. The Morgan fingerprint density at radius 2 is 2.11 bits per heavy atom. The van der Waals surface area contributed by atoms with Crippen molar-refractivity contribution in [1.82, 2.24) is 4.98 Å². The first-order chi connectivity index (χ1) is 8.47. The highest BCUT2D eigenvalue weighted by Crippen LogP contribution is 2.34. The minimum absolute atomic E-state index is 0.0339. The summed E-state index contributed by atoms with van der Waals surface area (Å²) in [6.45, 7) is 5.83. The highest BCUT2D eigenvalue weighted by Gasteiger charge is 2.11. The Morgan fingerprint density at radius 1 is 1.39 bits per heavy atom. The van der Waals surface area contributed by atoms with Crippen molar-refractivity contribution in [3.05, 3.63) is 39.7 Å². The molecule has 2 aromatic rings. The second kappa shape index (κ2) is 5.47. The van der Waals surface area contributed by atoms with Crippen molar-refractivity contribution in [3.8, 4) is 0 Å². The molecule has 2 rings (SSSR count). The fourth-order valence-electron chi connectivity index (χ4n) is 1.46. The molecule has 0 aliphatic carbocycles. The minimum Gasteiger partial charge on any atom is -0.436 e. The van der Waals surface area contributed by atoms with Crippen LogP contribution in [0, 0.1) is 13.8 Å². The van der Waals surface area contributed by atoms with E-state index in [1.165, 1.54) is 11.8 Å². The van der Waals surface area contributed by atoms with Gasteiger partial charge in [-0.2, -0.15) is 0 Å². The third kappa shape index (κ3) is 2.96. The van der Waals surface area contributed by atoms with Crippen LogP contribution in [0.2, 0.25) is 0 Å². The Balaban J connectivity index is 2.24. The van der Waals surface area contributed by atoms with Gasteiger partial charge in [-0.15, -0.1) is 0 Å². The molecule has 0 bridgehead atoms. The highest BCUT2D eigenvalue weighted by atomic mass is 79.9. The monoisotopic (exact) mass is 326 g/mol. The predicted molar refractivity (Wildman–Crippen MR) is 76.8 cm³/mol. The van der Waals surface area contributed by atoms with Crippen molar-refractivity contribution >= 4 is 27.7 Å². The van der Waals surface area contributed by atoms with Gasteiger partial charge in [-0.05, 0) is 66.2 Å². The van der Waals surface area contributed by atoms with Gasteiger partial charge in [0.1, 0.15) is 5.76 Å². The van der Waals surface area contributed by atoms with Crippen LogP contribution in [0.5, 0.6) is 0 Å². The second-order valence-electron chi connectivity index (χ2n) is 4.20. The van der Waals surface area contributed by atoms with Crippen molar-refractivity contribution in [1.29, 1.82) is 0 Å². The van der Waals surface area contributed by atoms with Crippen molar-refractivity contribution in [2.75, 3.05) is 0 Å². The van der Waals surface area contributed by atoms with E-state index in [1.54, 1.807) is 0 Å². The van der Waals surface area contributed by atoms with E-state index in [1.807, 2.05) is 39.0 Å². The summed E-state index contributed by atoms with van der Waals surface area (Å²) < 4.78 is 6.57. The number of oxazole rings is 1. The van der Waals surface area contributed by atoms with Crippen molar-refractivity contribution in [2.45, 2.75) is 36.9 Å². The van der Waals surface area contributed by atoms with E-state index < -0.39 is 0 Å². The van der Waals surface area contributed by atoms with E-state index in [2.05, 4.69) is 20.9 Å². The summed E-state index contributed by atoms with van der Waals surface area (Å²) in [6.07, 6.45) is 0. The van der Waals surface area contributed by atoms with Gasteiger partial charge >= 0.3 is 0 Å². The first-order valence-electron chi connectivity index (χ1n) is 5.64. The standard InChI is InChI=1S/C13H15BrN2OS/c1-7(15)10-4-5-12(11(14)6-10)18-13-16-8(2)9(3)17-13/h4-7H,15H2,1-3H3. The van der Waals surface area contributed by atoms with Gasteiger partial charge in [0, 0.05) is 15.4 Å². The lowest BCUT2D eigenvalue weighted by Crippen LogP contribution is -2.04. The Bertz CT molecular complexity index is 547. The predicted octanol–water partition coefficient (Wildman–Crippen LogP) is 4.22. The molecule has 0 aliphatic rings. The summed E-state index contributed by atoms with van der Waals surface area (Å²) in [5.41, 5.74) is 7.88. The number of aryl methyl sites for hydroxylation is 2. The molecule has 2 N–H and O–H groups in total. The fourth-order valence-corrected chi connectivity index (χ4v) is 2.93. The van der Waals surface area contributed by atoms with Gasteiger partial charge in [0.2, 0.25) is 0 Å². The van der Waals surface area contributed by atoms with Crippen LogP contribution >= 0.6 is 27.7 Å². The Labute approximate surface area is 119 Å². The molecule has 0 amide bonds. The van der Waals surface area contributed by atoms with Crippen LogP contribution in [0.15, 0.2) is 37.2 Å². The number of hydrogen-bond acceptors (Lipinski definition) is 4. The molecule has 1 unspecified atom stereocenters. The Morgan fingerprint density at radius 3 is 2.61 bits per heavy atom. The molecule has 1 atom stereocenters. The van der Waals surface area contributed by atoms with Crippen LogP contribution in [0.3, 0.4) is 0 Å². The van der Waals surface area contributed by atoms with Gasteiger partial charge in [0.15, 0.2) is 0 Å². The zero-order chi connectivity index (χ0) is 13.3. The first-order valence-corrected chi connectivity index (χ1v) is 7.25. The summed E-state index contributed by atoms with van der Waals surface area (Å²) in [5.74, 6) is 0.862. The fraction of sp³-hybridized carbons (Fsp3) is 0.308. The molecule has 0 spiro atoms. The normalized spacial score (nSPS) is 12.7.